The maximum absolute atomic E-state index is 12.8. The third kappa shape index (κ3) is 5.48. The van der Waals surface area contributed by atoms with Crippen molar-refractivity contribution >= 4 is 23.2 Å². The van der Waals surface area contributed by atoms with Gasteiger partial charge in [-0.15, -0.1) is 0 Å². The number of carbonyl (C=O) groups excluding carboxylic acids is 1. The Labute approximate surface area is 155 Å². The second kappa shape index (κ2) is 7.89. The van der Waals surface area contributed by atoms with Crippen molar-refractivity contribution in [3.63, 3.8) is 0 Å². The van der Waals surface area contributed by atoms with E-state index in [-0.39, 0.29) is 5.91 Å². The molecule has 0 bridgehead atoms. The summed E-state index contributed by atoms with van der Waals surface area (Å²) < 4.78 is 6.70. The van der Waals surface area contributed by atoms with Gasteiger partial charge in [-0.1, -0.05) is 23.7 Å². The highest BCUT2D eigenvalue weighted by Gasteiger charge is 2.17. The fourth-order valence-electron chi connectivity index (χ4n) is 2.40. The van der Waals surface area contributed by atoms with Crippen molar-refractivity contribution in [3.8, 4) is 5.75 Å². The summed E-state index contributed by atoms with van der Waals surface area (Å²) in [5.74, 6) is 0.428. The molecule has 0 aromatic heterocycles. The van der Waals surface area contributed by atoms with Crippen LogP contribution in [0.15, 0.2) is 36.4 Å². The first-order valence-electron chi connectivity index (χ1n) is 8.28. The predicted molar refractivity (Wildman–Crippen MR) is 104 cm³/mol. The molecule has 0 heterocycles. The quantitative estimate of drug-likeness (QED) is 0.779. The minimum Gasteiger partial charge on any atom is -0.487 e. The third-order valence-corrected chi connectivity index (χ3v) is 4.32. The average Bonchev–Trinajstić information content (AvgIpc) is 2.49. The van der Waals surface area contributed by atoms with Crippen LogP contribution in [0.5, 0.6) is 5.75 Å². The number of hydrogen-bond donors (Lipinski definition) is 1. The van der Waals surface area contributed by atoms with Crippen molar-refractivity contribution in [3.05, 3.63) is 58.1 Å². The van der Waals surface area contributed by atoms with Crippen LogP contribution in [0, 0.1) is 13.8 Å². The Kier molecular flexibility index (Phi) is 6.09. The van der Waals surface area contributed by atoms with E-state index in [0.717, 1.165) is 22.2 Å². The molecule has 25 heavy (non-hydrogen) atoms. The largest absolute Gasteiger partial charge is 0.487 e. The minimum absolute atomic E-state index is 0.180. The van der Waals surface area contributed by atoms with Crippen LogP contribution in [-0.4, -0.2) is 44.7 Å². The molecule has 0 atom stereocenters. The van der Waals surface area contributed by atoms with Gasteiger partial charge in [-0.3, -0.25) is 4.79 Å². The number of benzene rings is 2. The molecule has 0 unspecified atom stereocenters. The second-order valence-electron chi connectivity index (χ2n) is 7.23. The van der Waals surface area contributed by atoms with Gasteiger partial charge in [-0.25, -0.2) is 0 Å². The van der Waals surface area contributed by atoms with E-state index >= 15 is 0 Å². The molecule has 2 rings (SSSR count). The number of ether oxygens (including phenoxy) is 1. The van der Waals surface area contributed by atoms with E-state index in [4.69, 9.17) is 16.3 Å². The smallest absolute Gasteiger partial charge is 0.259 e. The predicted octanol–water partition coefficient (Wildman–Crippen LogP) is 4.29. The molecule has 2 aromatic carbocycles. The van der Waals surface area contributed by atoms with Gasteiger partial charge < -0.3 is 14.5 Å². The molecule has 0 fully saturated rings. The first kappa shape index (κ1) is 19.3. The van der Waals surface area contributed by atoms with E-state index in [9.17, 15) is 4.79 Å². The molecule has 5 heteroatoms. The first-order chi connectivity index (χ1) is 11.7. The number of likely N-dealkylation sites (N-methyl/N-ethyl adjacent to an activating group) is 1. The lowest BCUT2D eigenvalue weighted by Gasteiger charge is -2.24. The zero-order valence-electron chi connectivity index (χ0n) is 15.5. The molecule has 1 amide bonds. The van der Waals surface area contributed by atoms with Crippen molar-refractivity contribution in [2.75, 3.05) is 39.6 Å². The van der Waals surface area contributed by atoms with Gasteiger partial charge in [0, 0.05) is 10.7 Å². The molecule has 134 valence electrons. The number of anilines is 1. The van der Waals surface area contributed by atoms with Crippen LogP contribution in [0.3, 0.4) is 0 Å². The fourth-order valence-corrected chi connectivity index (χ4v) is 2.52. The average molecular weight is 362 g/mol. The summed E-state index contributed by atoms with van der Waals surface area (Å²) in [7, 11) is 6.32. The van der Waals surface area contributed by atoms with Gasteiger partial charge >= 0.3 is 0 Å². The van der Waals surface area contributed by atoms with Crippen LogP contribution in [-0.2, 0) is 0 Å². The van der Waals surface area contributed by atoms with E-state index in [1.807, 2.05) is 38.1 Å². The number of nitrogens with zero attached hydrogens (tertiary/aromatic N) is 1. The molecule has 0 saturated carbocycles. The van der Waals surface area contributed by atoms with Crippen molar-refractivity contribution < 1.29 is 14.0 Å². The summed E-state index contributed by atoms with van der Waals surface area (Å²) in [6, 6.07) is 11.1. The second-order valence-corrected chi connectivity index (χ2v) is 7.64. The number of hydrogen-bond acceptors (Lipinski definition) is 2. The topological polar surface area (TPSA) is 38.3 Å². The van der Waals surface area contributed by atoms with Crippen LogP contribution in [0.1, 0.15) is 21.5 Å². The number of nitrogens with one attached hydrogen (secondary N) is 1. The summed E-state index contributed by atoms with van der Waals surface area (Å²) in [4.78, 5) is 12.8. The Balaban J connectivity index is 2.19. The Bertz CT molecular complexity index is 767. The number of halogens is 1. The minimum atomic E-state index is -0.180. The van der Waals surface area contributed by atoms with Gasteiger partial charge in [0.15, 0.2) is 0 Å². The van der Waals surface area contributed by atoms with Crippen LogP contribution in [0.4, 0.5) is 5.69 Å². The summed E-state index contributed by atoms with van der Waals surface area (Å²) in [5, 5.41) is 3.61. The zero-order chi connectivity index (χ0) is 18.6. The Hall–Kier alpha value is -2.04. The van der Waals surface area contributed by atoms with Crippen LogP contribution >= 0.6 is 11.6 Å². The number of rotatable bonds is 6. The lowest BCUT2D eigenvalue weighted by molar-refractivity contribution is -0.870. The fraction of sp³-hybridized carbons (Fsp3) is 0.350. The maximum atomic E-state index is 12.8. The van der Waals surface area contributed by atoms with E-state index in [1.54, 1.807) is 12.1 Å². The maximum Gasteiger partial charge on any atom is 0.259 e. The highest BCUT2D eigenvalue weighted by Crippen LogP contribution is 2.25. The molecular weight excluding hydrogens is 336 g/mol. The molecule has 0 saturated heterocycles. The normalized spacial score (nSPS) is 11.3. The molecule has 0 aliphatic rings. The third-order valence-electron chi connectivity index (χ3n) is 3.90. The molecule has 0 aliphatic heterocycles. The Morgan fingerprint density at radius 2 is 1.84 bits per heavy atom. The highest BCUT2D eigenvalue weighted by atomic mass is 35.5. The van der Waals surface area contributed by atoms with Crippen LogP contribution in [0.2, 0.25) is 5.02 Å². The Morgan fingerprint density at radius 3 is 2.48 bits per heavy atom. The van der Waals surface area contributed by atoms with Crippen molar-refractivity contribution in [2.45, 2.75) is 13.8 Å². The van der Waals surface area contributed by atoms with Gasteiger partial charge in [-0.05, 0) is 49.2 Å². The molecule has 1 N–H and O–H groups in total. The summed E-state index contributed by atoms with van der Waals surface area (Å²) in [6.45, 7) is 5.22. The summed E-state index contributed by atoms with van der Waals surface area (Å²) in [6.07, 6.45) is 0. The first-order valence-corrected chi connectivity index (χ1v) is 8.65. The van der Waals surface area contributed by atoms with Crippen molar-refractivity contribution in [1.29, 1.82) is 0 Å². The van der Waals surface area contributed by atoms with Gasteiger partial charge in [0.25, 0.3) is 5.91 Å². The van der Waals surface area contributed by atoms with E-state index < -0.39 is 0 Å². The number of carbonyl (C=O) groups is 1. The van der Waals surface area contributed by atoms with E-state index in [2.05, 4.69) is 26.5 Å². The standard InChI is InChI=1S/C20H25ClN2O2/c1-14-7-6-8-18(25-12-11-23(3,4)5)19(14)20(24)22-16-9-10-17(21)15(2)13-16/h6-10,13H,11-12H2,1-5H3/p+1. The van der Waals surface area contributed by atoms with Gasteiger partial charge in [0.05, 0.1) is 26.7 Å². The molecule has 0 spiro atoms. The van der Waals surface area contributed by atoms with Crippen molar-refractivity contribution in [2.24, 2.45) is 0 Å². The summed E-state index contributed by atoms with van der Waals surface area (Å²) in [5.41, 5.74) is 3.08. The van der Waals surface area contributed by atoms with Crippen LogP contribution < -0.4 is 10.1 Å². The van der Waals surface area contributed by atoms with Gasteiger partial charge in [0.1, 0.15) is 18.9 Å². The lowest BCUT2D eigenvalue weighted by atomic mass is 10.1. The monoisotopic (exact) mass is 361 g/mol. The molecular formula is C20H26ClN2O2+. The highest BCUT2D eigenvalue weighted by molar-refractivity contribution is 6.31. The lowest BCUT2D eigenvalue weighted by Crippen LogP contribution is -2.38. The van der Waals surface area contributed by atoms with Gasteiger partial charge in [0.2, 0.25) is 0 Å². The van der Waals surface area contributed by atoms with Crippen LogP contribution in [0.25, 0.3) is 0 Å². The molecule has 0 aliphatic carbocycles. The van der Waals surface area contributed by atoms with E-state index in [1.165, 1.54) is 0 Å². The number of amides is 1. The molecule has 0 radical (unpaired) electrons. The Morgan fingerprint density at radius 1 is 1.12 bits per heavy atom. The van der Waals surface area contributed by atoms with Gasteiger partial charge in [-0.2, -0.15) is 0 Å². The van der Waals surface area contributed by atoms with Crippen molar-refractivity contribution in [1.82, 2.24) is 0 Å². The zero-order valence-corrected chi connectivity index (χ0v) is 16.3. The number of aryl methyl sites for hydroxylation is 2. The molecule has 2 aromatic rings. The summed E-state index contributed by atoms with van der Waals surface area (Å²) >= 11 is 6.04. The molecule has 4 nitrogen and oxygen atoms in total. The number of quaternary nitrogens is 1. The SMILES string of the molecule is Cc1cc(NC(=O)c2c(C)cccc2OCC[N+](C)(C)C)ccc1Cl. The van der Waals surface area contributed by atoms with E-state index in [0.29, 0.717) is 28.6 Å².